The van der Waals surface area contributed by atoms with Crippen molar-refractivity contribution < 1.29 is 4.39 Å². The third-order valence-electron chi connectivity index (χ3n) is 3.69. The van der Waals surface area contributed by atoms with Gasteiger partial charge in [0.05, 0.1) is 0 Å². The van der Waals surface area contributed by atoms with Crippen LogP contribution in [0.25, 0.3) is 4.96 Å². The van der Waals surface area contributed by atoms with E-state index < -0.39 is 0 Å². The molecular weight excluding hydrogens is 325 g/mol. The Balaban J connectivity index is 1.62. The molecule has 0 amide bonds. The Hall–Kier alpha value is -2.80. The summed E-state index contributed by atoms with van der Waals surface area (Å²) >= 11 is 1.41. The van der Waals surface area contributed by atoms with Gasteiger partial charge in [-0.05, 0) is 36.2 Å². The predicted molar refractivity (Wildman–Crippen MR) is 92.3 cm³/mol. The van der Waals surface area contributed by atoms with Crippen molar-refractivity contribution in [2.75, 3.05) is 5.32 Å². The lowest BCUT2D eigenvalue weighted by Gasteiger charge is -2.05. The Morgan fingerprint density at radius 2 is 1.96 bits per heavy atom. The summed E-state index contributed by atoms with van der Waals surface area (Å²) < 4.78 is 14.9. The van der Waals surface area contributed by atoms with Crippen molar-refractivity contribution >= 4 is 27.1 Å². The average Bonchev–Trinajstić information content (AvgIpc) is 3.13. The number of benzene rings is 2. The fraction of sp³-hybridized carbons (Fsp3) is 0.118. The molecule has 0 saturated carbocycles. The van der Waals surface area contributed by atoms with Crippen LogP contribution in [-0.2, 0) is 6.42 Å². The van der Waals surface area contributed by atoms with Gasteiger partial charge in [-0.3, -0.25) is 0 Å². The first-order valence-corrected chi connectivity index (χ1v) is 8.29. The van der Waals surface area contributed by atoms with Gasteiger partial charge < -0.3 is 5.32 Å². The zero-order valence-corrected chi connectivity index (χ0v) is 13.7. The number of nitrogens with zero attached hydrogens (tertiary/aromatic N) is 4. The van der Waals surface area contributed by atoms with Crippen LogP contribution in [0.5, 0.6) is 0 Å². The summed E-state index contributed by atoms with van der Waals surface area (Å²) in [4.78, 5) is 0.725. The van der Waals surface area contributed by atoms with Gasteiger partial charge in [0.1, 0.15) is 5.82 Å². The Labute approximate surface area is 141 Å². The molecule has 0 bridgehead atoms. The molecular formula is C17H14FN5S. The molecule has 2 aromatic carbocycles. The number of aromatic nitrogens is 4. The average molecular weight is 339 g/mol. The van der Waals surface area contributed by atoms with E-state index in [1.165, 1.54) is 23.5 Å². The van der Waals surface area contributed by atoms with Gasteiger partial charge in [0, 0.05) is 12.1 Å². The van der Waals surface area contributed by atoms with Crippen LogP contribution in [-0.4, -0.2) is 19.8 Å². The van der Waals surface area contributed by atoms with Gasteiger partial charge in [-0.25, -0.2) is 4.39 Å². The van der Waals surface area contributed by atoms with E-state index in [2.05, 4.69) is 32.7 Å². The van der Waals surface area contributed by atoms with E-state index in [1.54, 1.807) is 10.6 Å². The second-order valence-electron chi connectivity index (χ2n) is 5.46. The van der Waals surface area contributed by atoms with E-state index >= 15 is 0 Å². The number of aryl methyl sites for hydroxylation is 1. The van der Waals surface area contributed by atoms with Gasteiger partial charge in [-0.1, -0.05) is 41.7 Å². The molecule has 0 atom stereocenters. The van der Waals surface area contributed by atoms with E-state index in [4.69, 9.17) is 0 Å². The van der Waals surface area contributed by atoms with Crippen LogP contribution in [0.15, 0.2) is 48.5 Å². The van der Waals surface area contributed by atoms with E-state index in [0.29, 0.717) is 11.6 Å². The summed E-state index contributed by atoms with van der Waals surface area (Å²) in [6.07, 6.45) is 0.667. The number of hydrogen-bond acceptors (Lipinski definition) is 5. The van der Waals surface area contributed by atoms with Crippen molar-refractivity contribution in [1.29, 1.82) is 0 Å². The second kappa shape index (κ2) is 6.01. The van der Waals surface area contributed by atoms with E-state index in [9.17, 15) is 4.39 Å². The van der Waals surface area contributed by atoms with Gasteiger partial charge in [0.15, 0.2) is 5.82 Å². The first-order chi connectivity index (χ1) is 11.7. The lowest BCUT2D eigenvalue weighted by atomic mass is 10.1. The highest BCUT2D eigenvalue weighted by Crippen LogP contribution is 2.25. The van der Waals surface area contributed by atoms with Crippen LogP contribution >= 0.6 is 11.3 Å². The fourth-order valence-electron chi connectivity index (χ4n) is 2.48. The molecule has 0 fully saturated rings. The van der Waals surface area contributed by atoms with Gasteiger partial charge in [-0.15, -0.1) is 15.3 Å². The van der Waals surface area contributed by atoms with Crippen molar-refractivity contribution in [1.82, 2.24) is 19.8 Å². The van der Waals surface area contributed by atoms with Crippen LogP contribution in [0.1, 0.15) is 17.0 Å². The molecule has 1 N–H and O–H groups in total. The lowest BCUT2D eigenvalue weighted by Crippen LogP contribution is -1.99. The molecule has 24 heavy (non-hydrogen) atoms. The smallest absolute Gasteiger partial charge is 0.236 e. The third-order valence-corrected chi connectivity index (χ3v) is 4.50. The molecule has 0 aliphatic carbocycles. The van der Waals surface area contributed by atoms with Crippen molar-refractivity contribution in [3.8, 4) is 0 Å². The molecule has 0 aliphatic rings. The predicted octanol–water partition coefficient (Wildman–Crippen LogP) is 3.97. The van der Waals surface area contributed by atoms with E-state index in [1.807, 2.05) is 25.1 Å². The maximum absolute atomic E-state index is 13.2. The summed E-state index contributed by atoms with van der Waals surface area (Å²) in [7, 11) is 0. The van der Waals surface area contributed by atoms with E-state index in [-0.39, 0.29) is 5.82 Å². The molecule has 2 heterocycles. The topological polar surface area (TPSA) is 55.1 Å². The SMILES string of the molecule is Cc1cc(F)ccc1Nc1nn2c(Cc3ccccc3)nnc2s1. The van der Waals surface area contributed by atoms with Crippen molar-refractivity contribution in [3.63, 3.8) is 0 Å². The Morgan fingerprint density at radius 3 is 2.75 bits per heavy atom. The summed E-state index contributed by atoms with van der Waals surface area (Å²) in [6, 6.07) is 14.7. The highest BCUT2D eigenvalue weighted by atomic mass is 32.1. The molecule has 7 heteroatoms. The molecule has 0 spiro atoms. The summed E-state index contributed by atoms with van der Waals surface area (Å²) in [5.41, 5.74) is 2.81. The van der Waals surface area contributed by atoms with Crippen LogP contribution in [0, 0.1) is 12.7 Å². The largest absolute Gasteiger partial charge is 0.330 e. The van der Waals surface area contributed by atoms with Crippen LogP contribution < -0.4 is 5.32 Å². The molecule has 5 nitrogen and oxygen atoms in total. The number of rotatable bonds is 4. The second-order valence-corrected chi connectivity index (χ2v) is 6.42. The first-order valence-electron chi connectivity index (χ1n) is 7.47. The maximum atomic E-state index is 13.2. The Kier molecular flexibility index (Phi) is 3.70. The Morgan fingerprint density at radius 1 is 1.12 bits per heavy atom. The zero-order chi connectivity index (χ0) is 16.5. The van der Waals surface area contributed by atoms with Crippen LogP contribution in [0.3, 0.4) is 0 Å². The third kappa shape index (κ3) is 2.85. The van der Waals surface area contributed by atoms with Crippen LogP contribution in [0.2, 0.25) is 0 Å². The van der Waals surface area contributed by atoms with Gasteiger partial charge in [0.2, 0.25) is 10.1 Å². The van der Waals surface area contributed by atoms with Crippen molar-refractivity contribution in [2.24, 2.45) is 0 Å². The maximum Gasteiger partial charge on any atom is 0.236 e. The number of anilines is 2. The zero-order valence-electron chi connectivity index (χ0n) is 12.9. The van der Waals surface area contributed by atoms with Gasteiger partial charge in [0.25, 0.3) is 0 Å². The van der Waals surface area contributed by atoms with Gasteiger partial charge in [-0.2, -0.15) is 4.52 Å². The monoisotopic (exact) mass is 339 g/mol. The molecule has 0 radical (unpaired) electrons. The molecule has 2 aromatic heterocycles. The highest BCUT2D eigenvalue weighted by molar-refractivity contribution is 7.20. The van der Waals surface area contributed by atoms with Crippen LogP contribution in [0.4, 0.5) is 15.2 Å². The molecule has 0 unspecified atom stereocenters. The quantitative estimate of drug-likeness (QED) is 0.611. The highest BCUT2D eigenvalue weighted by Gasteiger charge is 2.13. The summed E-state index contributed by atoms with van der Waals surface area (Å²) in [6.45, 7) is 1.85. The number of fused-ring (bicyclic) bond motifs is 1. The fourth-order valence-corrected chi connectivity index (χ4v) is 3.25. The van der Waals surface area contributed by atoms with Crippen molar-refractivity contribution in [2.45, 2.75) is 13.3 Å². The van der Waals surface area contributed by atoms with Gasteiger partial charge >= 0.3 is 0 Å². The Bertz CT molecular complexity index is 993. The molecule has 4 aromatic rings. The van der Waals surface area contributed by atoms with E-state index in [0.717, 1.165) is 27.6 Å². The molecule has 0 aliphatic heterocycles. The standard InChI is InChI=1S/C17H14FN5S/c1-11-9-13(18)7-8-14(11)19-16-22-23-15(20-21-17(23)24-16)10-12-5-3-2-4-6-12/h2-9H,10H2,1H3,(H,19,22). The molecule has 0 saturated heterocycles. The summed E-state index contributed by atoms with van der Waals surface area (Å²) in [5.74, 6) is 0.540. The first kappa shape index (κ1) is 14.8. The number of halogens is 1. The van der Waals surface area contributed by atoms with Crippen molar-refractivity contribution in [3.05, 3.63) is 71.3 Å². The minimum atomic E-state index is -0.249. The minimum Gasteiger partial charge on any atom is -0.330 e. The molecule has 120 valence electrons. The normalized spacial score (nSPS) is 11.1. The minimum absolute atomic E-state index is 0.249. The number of nitrogens with one attached hydrogen (secondary N) is 1. The number of hydrogen-bond donors (Lipinski definition) is 1. The molecule has 4 rings (SSSR count). The summed E-state index contributed by atoms with van der Waals surface area (Å²) in [5, 5.41) is 16.8. The lowest BCUT2D eigenvalue weighted by molar-refractivity contribution is 0.627.